The van der Waals surface area contributed by atoms with E-state index in [9.17, 15) is 9.59 Å². The van der Waals surface area contributed by atoms with Crippen molar-refractivity contribution in [1.82, 2.24) is 25.0 Å². The molecule has 0 radical (unpaired) electrons. The molecule has 0 bridgehead atoms. The highest BCUT2D eigenvalue weighted by Gasteiger charge is 2.24. The number of likely N-dealkylation sites (N-methyl/N-ethyl adjacent to an activating group) is 1. The average Bonchev–Trinajstić information content (AvgIpc) is 3.34. The summed E-state index contributed by atoms with van der Waals surface area (Å²) in [6.45, 7) is 9.74. The van der Waals surface area contributed by atoms with E-state index in [4.69, 9.17) is 0 Å². The van der Waals surface area contributed by atoms with Crippen LogP contribution in [-0.4, -0.2) is 69.5 Å². The molecule has 0 saturated carbocycles. The van der Waals surface area contributed by atoms with E-state index < -0.39 is 0 Å². The van der Waals surface area contributed by atoms with Gasteiger partial charge in [0.2, 0.25) is 17.8 Å². The zero-order chi connectivity index (χ0) is 22.6. The van der Waals surface area contributed by atoms with Gasteiger partial charge in [-0.15, -0.1) is 10.2 Å². The molecule has 31 heavy (non-hydrogen) atoms. The van der Waals surface area contributed by atoms with Crippen LogP contribution in [0, 0.1) is 6.92 Å². The van der Waals surface area contributed by atoms with E-state index in [1.54, 1.807) is 7.05 Å². The van der Waals surface area contributed by atoms with Gasteiger partial charge in [-0.05, 0) is 52.7 Å². The van der Waals surface area contributed by atoms with Gasteiger partial charge in [0, 0.05) is 25.7 Å². The molecule has 0 aliphatic carbocycles. The average molecular weight is 445 g/mol. The molecule has 2 aromatic rings. The molecule has 0 atom stereocenters. The lowest BCUT2D eigenvalue weighted by Gasteiger charge is -2.23. The Bertz CT molecular complexity index is 913. The second-order valence-corrected chi connectivity index (χ2v) is 9.93. The summed E-state index contributed by atoms with van der Waals surface area (Å²) < 4.78 is 2.02. The first kappa shape index (κ1) is 23.1. The largest absolute Gasteiger partial charge is 0.350 e. The topological polar surface area (TPSA) is 83.4 Å². The third-order valence-electron chi connectivity index (χ3n) is 4.94. The molecule has 2 heterocycles. The molecule has 1 aliphatic heterocycles. The van der Waals surface area contributed by atoms with Crippen LogP contribution in [0.4, 0.5) is 5.95 Å². The van der Waals surface area contributed by atoms with Gasteiger partial charge in [0.05, 0.1) is 18.0 Å². The number of aromatic nitrogens is 3. The quantitative estimate of drug-likeness (QED) is 0.661. The highest BCUT2D eigenvalue weighted by Crippen LogP contribution is 2.28. The first-order valence-electron chi connectivity index (χ1n) is 10.6. The monoisotopic (exact) mass is 444 g/mol. The third kappa shape index (κ3) is 6.22. The number of hydrogen-bond donors (Lipinski definition) is 1. The molecule has 0 spiro atoms. The lowest BCUT2D eigenvalue weighted by Crippen LogP contribution is -2.46. The Morgan fingerprint density at radius 2 is 1.77 bits per heavy atom. The van der Waals surface area contributed by atoms with E-state index in [-0.39, 0.29) is 29.7 Å². The van der Waals surface area contributed by atoms with Gasteiger partial charge < -0.3 is 15.1 Å². The van der Waals surface area contributed by atoms with Crippen LogP contribution in [0.1, 0.15) is 39.2 Å². The normalized spacial score (nSPS) is 14.0. The Balaban J connectivity index is 1.71. The van der Waals surface area contributed by atoms with Gasteiger partial charge in [0.1, 0.15) is 0 Å². The smallest absolute Gasteiger partial charge is 0.240 e. The molecule has 0 unspecified atom stereocenters. The highest BCUT2D eigenvalue weighted by molar-refractivity contribution is 7.99. The number of amides is 2. The van der Waals surface area contributed by atoms with E-state index in [0.29, 0.717) is 5.16 Å². The predicted octanol–water partition coefficient (Wildman–Crippen LogP) is 2.64. The number of benzene rings is 1. The maximum atomic E-state index is 12.6. The second-order valence-electron chi connectivity index (χ2n) is 8.98. The molecular weight excluding hydrogens is 412 g/mol. The first-order chi connectivity index (χ1) is 14.6. The van der Waals surface area contributed by atoms with Gasteiger partial charge in [-0.2, -0.15) is 0 Å². The summed E-state index contributed by atoms with van der Waals surface area (Å²) in [6, 6.07) is 8.22. The van der Waals surface area contributed by atoms with Crippen LogP contribution in [0.5, 0.6) is 0 Å². The fourth-order valence-corrected chi connectivity index (χ4v) is 4.28. The lowest BCUT2D eigenvalue weighted by atomic mass is 10.1. The molecule has 1 N–H and O–H groups in total. The molecule has 9 heteroatoms. The molecule has 1 aromatic carbocycles. The van der Waals surface area contributed by atoms with Crippen LogP contribution >= 0.6 is 11.8 Å². The van der Waals surface area contributed by atoms with Crippen LogP contribution < -0.4 is 10.2 Å². The lowest BCUT2D eigenvalue weighted by molar-refractivity contribution is -0.133. The highest BCUT2D eigenvalue weighted by atomic mass is 32.2. The van der Waals surface area contributed by atoms with Gasteiger partial charge in [-0.1, -0.05) is 29.5 Å². The van der Waals surface area contributed by atoms with Crippen molar-refractivity contribution in [2.24, 2.45) is 0 Å². The van der Waals surface area contributed by atoms with Crippen molar-refractivity contribution in [3.63, 3.8) is 0 Å². The fraction of sp³-hybridized carbons (Fsp3) is 0.545. The fourth-order valence-electron chi connectivity index (χ4n) is 3.40. The number of carbonyl (C=O) groups is 2. The van der Waals surface area contributed by atoms with Gasteiger partial charge in [0.15, 0.2) is 5.16 Å². The first-order valence-corrected chi connectivity index (χ1v) is 11.6. The van der Waals surface area contributed by atoms with Crippen molar-refractivity contribution >= 4 is 29.5 Å². The maximum Gasteiger partial charge on any atom is 0.240 e. The molecule has 1 saturated heterocycles. The molecule has 1 aliphatic rings. The van der Waals surface area contributed by atoms with Gasteiger partial charge in [-0.25, -0.2) is 0 Å². The van der Waals surface area contributed by atoms with Crippen molar-refractivity contribution in [3.05, 3.63) is 29.8 Å². The number of nitrogens with one attached hydrogen (secondary N) is 1. The van der Waals surface area contributed by atoms with Crippen molar-refractivity contribution in [3.8, 4) is 5.69 Å². The van der Waals surface area contributed by atoms with E-state index in [1.165, 1.54) is 22.2 Å². The Hall–Kier alpha value is -2.55. The van der Waals surface area contributed by atoms with E-state index in [2.05, 4.69) is 39.5 Å². The van der Waals surface area contributed by atoms with Crippen molar-refractivity contribution in [2.75, 3.05) is 37.3 Å². The van der Waals surface area contributed by atoms with Gasteiger partial charge >= 0.3 is 0 Å². The summed E-state index contributed by atoms with van der Waals surface area (Å²) in [7, 11) is 1.64. The predicted molar refractivity (Wildman–Crippen MR) is 124 cm³/mol. The van der Waals surface area contributed by atoms with Gasteiger partial charge in [0.25, 0.3) is 0 Å². The third-order valence-corrected chi connectivity index (χ3v) is 5.86. The minimum Gasteiger partial charge on any atom is -0.350 e. The number of carbonyl (C=O) groups excluding carboxylic acids is 2. The van der Waals surface area contributed by atoms with Gasteiger partial charge in [-0.3, -0.25) is 14.2 Å². The minimum atomic E-state index is -0.327. The second kappa shape index (κ2) is 9.72. The zero-order valence-corrected chi connectivity index (χ0v) is 19.8. The zero-order valence-electron chi connectivity index (χ0n) is 19.0. The van der Waals surface area contributed by atoms with Crippen molar-refractivity contribution in [2.45, 2.75) is 51.2 Å². The molecule has 2 amide bonds. The summed E-state index contributed by atoms with van der Waals surface area (Å²) in [5.74, 6) is 0.695. The number of anilines is 1. The van der Waals surface area contributed by atoms with Crippen LogP contribution in [-0.2, 0) is 9.59 Å². The SMILES string of the molecule is Cc1ccc(-n2c(SCC(=O)N(C)CC(=O)NC(C)(C)C)nnc2N2CCCC2)cc1. The Kier molecular flexibility index (Phi) is 7.25. The summed E-state index contributed by atoms with van der Waals surface area (Å²) >= 11 is 1.34. The standard InChI is InChI=1S/C22H32N6O2S/c1-16-8-10-17(11-9-16)28-20(27-12-6-7-13-27)24-25-21(28)31-15-19(30)26(5)14-18(29)23-22(2,3)4/h8-11H,6-7,12-15H2,1-5H3,(H,23,29). The maximum absolute atomic E-state index is 12.6. The number of nitrogens with zero attached hydrogens (tertiary/aromatic N) is 5. The Morgan fingerprint density at radius 3 is 2.39 bits per heavy atom. The molecule has 8 nitrogen and oxygen atoms in total. The summed E-state index contributed by atoms with van der Waals surface area (Å²) in [5.41, 5.74) is 1.83. The number of hydrogen-bond acceptors (Lipinski definition) is 6. The Morgan fingerprint density at radius 1 is 1.13 bits per heavy atom. The van der Waals surface area contributed by atoms with Crippen LogP contribution in [0.15, 0.2) is 29.4 Å². The van der Waals surface area contributed by atoms with E-state index in [0.717, 1.165) is 37.6 Å². The number of aryl methyl sites for hydroxylation is 1. The van der Waals surface area contributed by atoms with Crippen molar-refractivity contribution < 1.29 is 9.59 Å². The molecular formula is C22H32N6O2S. The summed E-state index contributed by atoms with van der Waals surface area (Å²) in [4.78, 5) is 28.4. The van der Waals surface area contributed by atoms with Crippen LogP contribution in [0.3, 0.4) is 0 Å². The Labute approximate surface area is 188 Å². The number of thioether (sulfide) groups is 1. The van der Waals surface area contributed by atoms with E-state index >= 15 is 0 Å². The summed E-state index contributed by atoms with van der Waals surface area (Å²) in [5, 5.41) is 12.4. The van der Waals surface area contributed by atoms with Crippen LogP contribution in [0.25, 0.3) is 5.69 Å². The van der Waals surface area contributed by atoms with Crippen molar-refractivity contribution in [1.29, 1.82) is 0 Å². The molecule has 1 aromatic heterocycles. The molecule has 168 valence electrons. The molecule has 3 rings (SSSR count). The summed E-state index contributed by atoms with van der Waals surface area (Å²) in [6.07, 6.45) is 2.28. The minimum absolute atomic E-state index is 0.0281. The molecule has 1 fully saturated rings. The number of rotatable bonds is 7. The van der Waals surface area contributed by atoms with Crippen LogP contribution in [0.2, 0.25) is 0 Å². The van der Waals surface area contributed by atoms with E-state index in [1.807, 2.05) is 37.5 Å².